The van der Waals surface area contributed by atoms with Crippen molar-refractivity contribution in [2.75, 3.05) is 13.2 Å². The van der Waals surface area contributed by atoms with Gasteiger partial charge in [0.15, 0.2) is 5.16 Å². The molecule has 8 heteroatoms. The molecule has 0 amide bonds. The summed E-state index contributed by atoms with van der Waals surface area (Å²) in [5.74, 6) is 0.467. The van der Waals surface area contributed by atoms with E-state index in [1.807, 2.05) is 32.0 Å². The van der Waals surface area contributed by atoms with Crippen LogP contribution in [0.4, 0.5) is 0 Å². The lowest BCUT2D eigenvalue weighted by Gasteiger charge is -2.14. The van der Waals surface area contributed by atoms with E-state index in [4.69, 9.17) is 25.7 Å². The first-order valence-electron chi connectivity index (χ1n) is 10.4. The van der Waals surface area contributed by atoms with Gasteiger partial charge >= 0.3 is 5.63 Å². The fraction of sp³-hybridized carbons (Fsp3) is 0.292. The summed E-state index contributed by atoms with van der Waals surface area (Å²) in [5.41, 5.74) is 2.45. The van der Waals surface area contributed by atoms with Crippen molar-refractivity contribution >= 4 is 45.2 Å². The van der Waals surface area contributed by atoms with Crippen molar-refractivity contribution in [2.24, 2.45) is 0 Å². The normalized spacial score (nSPS) is 11.5. The molecule has 0 atom stereocenters. The summed E-state index contributed by atoms with van der Waals surface area (Å²) in [7, 11) is 0. The summed E-state index contributed by atoms with van der Waals surface area (Å²) in [6.07, 6.45) is 0.694. The predicted molar refractivity (Wildman–Crippen MR) is 129 cm³/mol. The summed E-state index contributed by atoms with van der Waals surface area (Å²) in [6, 6.07) is 12.4. The molecule has 0 aliphatic carbocycles. The van der Waals surface area contributed by atoms with E-state index in [9.17, 15) is 9.59 Å². The summed E-state index contributed by atoms with van der Waals surface area (Å²) in [5, 5.41) is 2.50. The number of ether oxygens (including phenoxy) is 1. The molecular weight excluding hydrogens is 448 g/mol. The Labute approximate surface area is 194 Å². The van der Waals surface area contributed by atoms with Crippen LogP contribution < -0.4 is 11.2 Å². The first-order valence-corrected chi connectivity index (χ1v) is 11.8. The molecule has 0 unspecified atom stereocenters. The zero-order valence-corrected chi connectivity index (χ0v) is 19.5. The number of fused-ring (bicyclic) bond motifs is 2. The zero-order chi connectivity index (χ0) is 22.7. The van der Waals surface area contributed by atoms with Crippen LogP contribution in [0.2, 0.25) is 5.02 Å². The highest BCUT2D eigenvalue weighted by Gasteiger charge is 2.14. The van der Waals surface area contributed by atoms with Crippen molar-refractivity contribution in [3.63, 3.8) is 0 Å². The van der Waals surface area contributed by atoms with Gasteiger partial charge in [-0.3, -0.25) is 9.36 Å². The third-order valence-electron chi connectivity index (χ3n) is 5.10. The molecule has 2 aromatic carbocycles. The van der Waals surface area contributed by atoms with Crippen molar-refractivity contribution in [1.29, 1.82) is 0 Å². The average molecular weight is 471 g/mol. The maximum absolute atomic E-state index is 13.2. The third-order valence-corrected chi connectivity index (χ3v) is 6.36. The van der Waals surface area contributed by atoms with E-state index in [2.05, 4.69) is 0 Å². The molecule has 0 radical (unpaired) electrons. The third kappa shape index (κ3) is 4.90. The van der Waals surface area contributed by atoms with Crippen LogP contribution in [0.5, 0.6) is 0 Å². The summed E-state index contributed by atoms with van der Waals surface area (Å²) in [6.45, 7) is 5.58. The number of halogens is 1. The number of thioether (sulfide) groups is 1. The second kappa shape index (κ2) is 9.90. The topological polar surface area (TPSA) is 74.3 Å². The van der Waals surface area contributed by atoms with Crippen LogP contribution in [0.15, 0.2) is 61.6 Å². The number of nitrogens with zero attached hydrogens (tertiary/aromatic N) is 2. The van der Waals surface area contributed by atoms with E-state index < -0.39 is 5.63 Å². The van der Waals surface area contributed by atoms with Crippen LogP contribution >= 0.6 is 23.4 Å². The maximum atomic E-state index is 13.2. The first kappa shape index (κ1) is 22.6. The molecule has 32 heavy (non-hydrogen) atoms. The van der Waals surface area contributed by atoms with E-state index in [0.717, 1.165) is 16.5 Å². The van der Waals surface area contributed by atoms with Gasteiger partial charge < -0.3 is 9.15 Å². The Balaban J connectivity index is 1.72. The highest BCUT2D eigenvalue weighted by Crippen LogP contribution is 2.27. The fourth-order valence-electron chi connectivity index (χ4n) is 3.55. The van der Waals surface area contributed by atoms with Gasteiger partial charge in [-0.05, 0) is 55.7 Å². The monoisotopic (exact) mass is 470 g/mol. The van der Waals surface area contributed by atoms with Gasteiger partial charge in [0.05, 0.1) is 10.9 Å². The van der Waals surface area contributed by atoms with E-state index in [1.54, 1.807) is 22.8 Å². The van der Waals surface area contributed by atoms with Crippen LogP contribution in [0.1, 0.15) is 24.5 Å². The highest BCUT2D eigenvalue weighted by atomic mass is 35.5. The Morgan fingerprint density at radius 3 is 2.75 bits per heavy atom. The van der Waals surface area contributed by atoms with Crippen molar-refractivity contribution in [2.45, 2.75) is 37.7 Å². The fourth-order valence-corrected chi connectivity index (χ4v) is 4.73. The molecule has 4 aromatic rings. The lowest BCUT2D eigenvalue weighted by atomic mass is 10.1. The average Bonchev–Trinajstić information content (AvgIpc) is 2.75. The lowest BCUT2D eigenvalue weighted by Crippen LogP contribution is -2.24. The molecule has 6 nitrogen and oxygen atoms in total. The molecule has 0 fully saturated rings. The number of hydrogen-bond donors (Lipinski definition) is 0. The van der Waals surface area contributed by atoms with Gasteiger partial charge in [-0.15, -0.1) is 0 Å². The molecule has 0 bridgehead atoms. The summed E-state index contributed by atoms with van der Waals surface area (Å²) in [4.78, 5) is 30.0. The molecular formula is C24H23ClN2O4S. The minimum atomic E-state index is -0.397. The Morgan fingerprint density at radius 2 is 1.94 bits per heavy atom. The second-order valence-electron chi connectivity index (χ2n) is 7.44. The van der Waals surface area contributed by atoms with E-state index in [0.29, 0.717) is 58.6 Å². The number of aryl methyl sites for hydroxylation is 1. The van der Waals surface area contributed by atoms with Crippen molar-refractivity contribution in [3.05, 3.63) is 79.4 Å². The summed E-state index contributed by atoms with van der Waals surface area (Å²) >= 11 is 7.55. The number of hydrogen-bond acceptors (Lipinski definition) is 6. The zero-order valence-electron chi connectivity index (χ0n) is 17.9. The SMILES string of the molecule is CCOCCCn1c(SCc2cc(=O)oc3cc(C)ccc23)nc2cc(Cl)ccc2c1=O. The van der Waals surface area contributed by atoms with Crippen LogP contribution in [0, 0.1) is 6.92 Å². The van der Waals surface area contributed by atoms with Gasteiger partial charge in [-0.25, -0.2) is 9.78 Å². The standard InChI is InChI=1S/C24H23ClN2O4S/c1-3-30-10-4-9-27-23(29)19-8-6-17(25)13-20(19)26-24(27)32-14-16-12-22(28)31-21-11-15(2)5-7-18(16)21/h5-8,11-13H,3-4,9-10,14H2,1-2H3. The molecule has 0 aliphatic heterocycles. The van der Waals surface area contributed by atoms with Gasteiger partial charge in [0.1, 0.15) is 5.58 Å². The van der Waals surface area contributed by atoms with Gasteiger partial charge in [-0.1, -0.05) is 35.5 Å². The molecule has 0 aliphatic rings. The van der Waals surface area contributed by atoms with Gasteiger partial charge in [-0.2, -0.15) is 0 Å². The second-order valence-corrected chi connectivity index (χ2v) is 8.82. The molecule has 0 saturated heterocycles. The van der Waals surface area contributed by atoms with E-state index >= 15 is 0 Å². The maximum Gasteiger partial charge on any atom is 0.336 e. The highest BCUT2D eigenvalue weighted by molar-refractivity contribution is 7.98. The van der Waals surface area contributed by atoms with Gasteiger partial charge in [0.25, 0.3) is 5.56 Å². The smallest absolute Gasteiger partial charge is 0.336 e. The summed E-state index contributed by atoms with van der Waals surface area (Å²) < 4.78 is 12.5. The van der Waals surface area contributed by atoms with Crippen LogP contribution in [0.25, 0.3) is 21.9 Å². The molecule has 2 aromatic heterocycles. The Morgan fingerprint density at radius 1 is 1.12 bits per heavy atom. The predicted octanol–water partition coefficient (Wildman–Crippen LogP) is 5.18. The molecule has 4 rings (SSSR count). The van der Waals surface area contributed by atoms with Crippen molar-refractivity contribution < 1.29 is 9.15 Å². The van der Waals surface area contributed by atoms with Gasteiger partial charge in [0, 0.05) is 42.0 Å². The molecule has 0 N–H and O–H groups in total. The Kier molecular flexibility index (Phi) is 6.98. The molecule has 2 heterocycles. The largest absolute Gasteiger partial charge is 0.423 e. The first-order chi connectivity index (χ1) is 15.5. The molecule has 0 spiro atoms. The van der Waals surface area contributed by atoms with Gasteiger partial charge in [0.2, 0.25) is 0 Å². The van der Waals surface area contributed by atoms with Crippen LogP contribution in [0.3, 0.4) is 0 Å². The minimum Gasteiger partial charge on any atom is -0.423 e. The number of aromatic nitrogens is 2. The van der Waals surface area contributed by atoms with E-state index in [-0.39, 0.29) is 5.56 Å². The van der Waals surface area contributed by atoms with Crippen LogP contribution in [-0.4, -0.2) is 22.8 Å². The van der Waals surface area contributed by atoms with Crippen molar-refractivity contribution in [1.82, 2.24) is 9.55 Å². The number of rotatable bonds is 8. The molecule has 0 saturated carbocycles. The van der Waals surface area contributed by atoms with Crippen LogP contribution in [-0.2, 0) is 17.0 Å². The Bertz CT molecular complexity index is 1400. The van der Waals surface area contributed by atoms with Crippen molar-refractivity contribution in [3.8, 4) is 0 Å². The Hall–Kier alpha value is -2.61. The number of benzene rings is 2. The van der Waals surface area contributed by atoms with E-state index in [1.165, 1.54) is 17.8 Å². The lowest BCUT2D eigenvalue weighted by molar-refractivity contribution is 0.140. The minimum absolute atomic E-state index is 0.112. The quantitative estimate of drug-likeness (QED) is 0.153. The molecule has 166 valence electrons.